The summed E-state index contributed by atoms with van der Waals surface area (Å²) >= 11 is 8.74. The van der Waals surface area contributed by atoms with Gasteiger partial charge in [-0.05, 0) is 23.9 Å². The number of alkyl halides is 3. The van der Waals surface area contributed by atoms with Crippen LogP contribution in [-0.4, -0.2) is 15.2 Å². The molecule has 114 valence electrons. The second kappa shape index (κ2) is 6.15. The fourth-order valence-electron chi connectivity index (χ4n) is 1.50. The zero-order chi connectivity index (χ0) is 15.7. The van der Waals surface area contributed by atoms with Gasteiger partial charge in [-0.15, -0.1) is 21.5 Å². The predicted molar refractivity (Wildman–Crippen MR) is 81.6 cm³/mol. The Kier molecular flexibility index (Phi) is 4.40. The summed E-state index contributed by atoms with van der Waals surface area (Å²) in [6.45, 7) is 0. The van der Waals surface area contributed by atoms with Crippen LogP contribution in [0.5, 0.6) is 0 Å². The molecule has 0 unspecified atom stereocenters. The summed E-state index contributed by atoms with van der Waals surface area (Å²) < 4.78 is 38.2. The van der Waals surface area contributed by atoms with Gasteiger partial charge < -0.3 is 0 Å². The molecule has 0 N–H and O–H groups in total. The van der Waals surface area contributed by atoms with Crippen LogP contribution in [0.3, 0.4) is 0 Å². The summed E-state index contributed by atoms with van der Waals surface area (Å²) in [5, 5.41) is 8.18. The lowest BCUT2D eigenvalue weighted by Crippen LogP contribution is -2.03. The highest BCUT2D eigenvalue weighted by molar-refractivity contribution is 8.02. The molecule has 2 aromatic heterocycles. The van der Waals surface area contributed by atoms with E-state index >= 15 is 0 Å². The van der Waals surface area contributed by atoms with Crippen molar-refractivity contribution in [2.75, 3.05) is 0 Å². The Morgan fingerprint density at radius 1 is 1.05 bits per heavy atom. The minimum absolute atomic E-state index is 0.212. The number of halogens is 4. The maximum Gasteiger partial charge on any atom is 0.445 e. The fraction of sp³-hybridized carbons (Fsp3) is 0.0833. The molecule has 0 spiro atoms. The Bertz CT molecular complexity index is 783. The maximum atomic E-state index is 12.5. The van der Waals surface area contributed by atoms with E-state index in [9.17, 15) is 13.2 Å². The molecule has 1 aromatic carbocycles. The molecule has 3 aromatic rings. The molecule has 0 aliphatic rings. The zero-order valence-electron chi connectivity index (χ0n) is 10.5. The van der Waals surface area contributed by atoms with Gasteiger partial charge in [0, 0.05) is 16.0 Å². The van der Waals surface area contributed by atoms with E-state index in [1.165, 1.54) is 11.3 Å². The molecule has 22 heavy (non-hydrogen) atoms. The first-order valence-electron chi connectivity index (χ1n) is 5.72. The Hall–Kier alpha value is -1.16. The molecule has 3 rings (SSSR count). The van der Waals surface area contributed by atoms with Gasteiger partial charge in [0.2, 0.25) is 5.01 Å². The minimum atomic E-state index is -4.46. The third kappa shape index (κ3) is 3.60. The smallest absolute Gasteiger partial charge is 0.229 e. The van der Waals surface area contributed by atoms with E-state index in [1.54, 1.807) is 12.1 Å². The number of hydrogen-bond donors (Lipinski definition) is 0. The van der Waals surface area contributed by atoms with Crippen LogP contribution in [0, 0.1) is 0 Å². The van der Waals surface area contributed by atoms with Gasteiger partial charge in [0.1, 0.15) is 0 Å². The van der Waals surface area contributed by atoms with Crippen LogP contribution in [0.25, 0.3) is 11.3 Å². The van der Waals surface area contributed by atoms with Crippen LogP contribution in [-0.2, 0) is 6.18 Å². The van der Waals surface area contributed by atoms with Gasteiger partial charge in [-0.1, -0.05) is 35.1 Å². The molecule has 0 bridgehead atoms. The van der Waals surface area contributed by atoms with E-state index in [1.807, 2.05) is 17.5 Å². The van der Waals surface area contributed by atoms with Crippen molar-refractivity contribution in [3.05, 3.63) is 39.7 Å². The van der Waals surface area contributed by atoms with Crippen LogP contribution in [0.1, 0.15) is 5.01 Å². The van der Waals surface area contributed by atoms with Crippen molar-refractivity contribution >= 4 is 46.0 Å². The summed E-state index contributed by atoms with van der Waals surface area (Å²) in [6, 6.07) is 7.17. The van der Waals surface area contributed by atoms with Gasteiger partial charge in [-0.2, -0.15) is 13.2 Å². The maximum absolute atomic E-state index is 12.5. The number of hydrogen-bond acceptors (Lipinski definition) is 6. The lowest BCUT2D eigenvalue weighted by atomic mass is 10.2. The lowest BCUT2D eigenvalue weighted by Gasteiger charge is -1.97. The molecule has 2 heterocycles. The summed E-state index contributed by atoms with van der Waals surface area (Å²) in [4.78, 5) is 4.37. The summed E-state index contributed by atoms with van der Waals surface area (Å²) in [7, 11) is 0. The molecule has 10 heteroatoms. The van der Waals surface area contributed by atoms with E-state index in [-0.39, 0.29) is 4.34 Å². The summed E-state index contributed by atoms with van der Waals surface area (Å²) in [5.74, 6) is 0. The van der Waals surface area contributed by atoms with Gasteiger partial charge in [-0.3, -0.25) is 0 Å². The van der Waals surface area contributed by atoms with Crippen molar-refractivity contribution in [1.29, 1.82) is 0 Å². The average molecular weight is 380 g/mol. The molecular formula is C12H5ClF3N3S3. The molecule has 0 fully saturated rings. The largest absolute Gasteiger partial charge is 0.445 e. The lowest BCUT2D eigenvalue weighted by molar-refractivity contribution is -0.138. The van der Waals surface area contributed by atoms with E-state index < -0.39 is 11.2 Å². The summed E-state index contributed by atoms with van der Waals surface area (Å²) in [6.07, 6.45) is -4.46. The van der Waals surface area contributed by atoms with Crippen molar-refractivity contribution in [3.63, 3.8) is 0 Å². The molecule has 0 aliphatic carbocycles. The Labute approximate surface area is 140 Å². The number of nitrogens with zero attached hydrogens (tertiary/aromatic N) is 3. The quantitative estimate of drug-likeness (QED) is 0.603. The van der Waals surface area contributed by atoms with Crippen molar-refractivity contribution in [1.82, 2.24) is 15.2 Å². The van der Waals surface area contributed by atoms with E-state index in [0.717, 1.165) is 23.0 Å². The van der Waals surface area contributed by atoms with Crippen LogP contribution in [0.2, 0.25) is 5.02 Å². The molecule has 0 saturated carbocycles. The van der Waals surface area contributed by atoms with E-state index in [4.69, 9.17) is 11.6 Å². The van der Waals surface area contributed by atoms with Gasteiger partial charge >= 0.3 is 6.18 Å². The van der Waals surface area contributed by atoms with Gasteiger partial charge in [0.15, 0.2) is 8.68 Å². The average Bonchev–Trinajstić information content (AvgIpc) is 3.09. The molecular weight excluding hydrogens is 375 g/mol. The number of benzene rings is 1. The fourth-order valence-corrected chi connectivity index (χ4v) is 4.37. The molecule has 0 amide bonds. The predicted octanol–water partition coefficient (Wildman–Crippen LogP) is 5.49. The Morgan fingerprint density at radius 3 is 2.41 bits per heavy atom. The SMILES string of the molecule is FC(F)(F)c1nnc(Sc2nc(-c3ccc(Cl)cc3)cs2)s1. The number of thiazole rings is 1. The number of aromatic nitrogens is 3. The molecule has 0 saturated heterocycles. The van der Waals surface area contributed by atoms with Crippen molar-refractivity contribution in [2.45, 2.75) is 14.9 Å². The van der Waals surface area contributed by atoms with E-state index in [0.29, 0.717) is 20.7 Å². The highest BCUT2D eigenvalue weighted by atomic mass is 35.5. The first kappa shape index (κ1) is 15.7. The van der Waals surface area contributed by atoms with Crippen LogP contribution >= 0.6 is 46.0 Å². The van der Waals surface area contributed by atoms with E-state index in [2.05, 4.69) is 15.2 Å². The van der Waals surface area contributed by atoms with Crippen LogP contribution in [0.15, 0.2) is 38.3 Å². The normalized spacial score (nSPS) is 11.8. The monoisotopic (exact) mass is 379 g/mol. The second-order valence-corrected chi connectivity index (χ2v) is 7.74. The molecule has 0 aliphatic heterocycles. The van der Waals surface area contributed by atoms with Gasteiger partial charge in [-0.25, -0.2) is 4.98 Å². The Balaban J connectivity index is 1.77. The first-order chi connectivity index (χ1) is 10.4. The van der Waals surface area contributed by atoms with Crippen molar-refractivity contribution < 1.29 is 13.2 Å². The minimum Gasteiger partial charge on any atom is -0.229 e. The topological polar surface area (TPSA) is 38.7 Å². The molecule has 0 radical (unpaired) electrons. The highest BCUT2D eigenvalue weighted by Crippen LogP contribution is 2.38. The number of rotatable bonds is 3. The standard InChI is InChI=1S/C12H5ClF3N3S3/c13-7-3-1-6(2-4-7)8-5-20-10(17-8)22-11-19-18-9(21-11)12(14,15)16/h1-5H. The second-order valence-electron chi connectivity index (χ2n) is 3.98. The van der Waals surface area contributed by atoms with Gasteiger partial charge in [0.25, 0.3) is 0 Å². The van der Waals surface area contributed by atoms with Crippen molar-refractivity contribution in [3.8, 4) is 11.3 Å². The molecule has 0 atom stereocenters. The zero-order valence-corrected chi connectivity index (χ0v) is 13.7. The molecule has 3 nitrogen and oxygen atoms in total. The van der Waals surface area contributed by atoms with Gasteiger partial charge in [0.05, 0.1) is 5.69 Å². The Morgan fingerprint density at radius 2 is 1.77 bits per heavy atom. The summed E-state index contributed by atoms with van der Waals surface area (Å²) in [5.41, 5.74) is 1.63. The highest BCUT2D eigenvalue weighted by Gasteiger charge is 2.35. The third-order valence-electron chi connectivity index (χ3n) is 2.45. The first-order valence-corrected chi connectivity index (χ1v) is 8.61. The van der Waals surface area contributed by atoms with Crippen LogP contribution in [0.4, 0.5) is 13.2 Å². The van der Waals surface area contributed by atoms with Crippen LogP contribution < -0.4 is 0 Å². The van der Waals surface area contributed by atoms with Crippen molar-refractivity contribution in [2.24, 2.45) is 0 Å². The third-order valence-corrected chi connectivity index (χ3v) is 5.66.